The molecule has 126 valence electrons. The van der Waals surface area contributed by atoms with E-state index in [2.05, 4.69) is 54.9 Å². The molecule has 0 aromatic carbocycles. The maximum absolute atomic E-state index is 3.55. The summed E-state index contributed by atoms with van der Waals surface area (Å²) in [6, 6.07) is 0.738. The van der Waals surface area contributed by atoms with Gasteiger partial charge in [-0.15, -0.1) is 0 Å². The maximum atomic E-state index is 3.55. The molecule has 0 amide bonds. The molecular formula is C17H38N4. The van der Waals surface area contributed by atoms with Crippen LogP contribution in [0, 0.1) is 5.92 Å². The summed E-state index contributed by atoms with van der Waals surface area (Å²) >= 11 is 0. The summed E-state index contributed by atoms with van der Waals surface area (Å²) in [5.41, 5.74) is 0. The molecule has 1 aliphatic heterocycles. The van der Waals surface area contributed by atoms with Crippen LogP contribution in [0.5, 0.6) is 0 Å². The lowest BCUT2D eigenvalue weighted by atomic mass is 10.1. The van der Waals surface area contributed by atoms with Crippen LogP contribution in [-0.4, -0.2) is 87.2 Å². The van der Waals surface area contributed by atoms with Gasteiger partial charge in [0.1, 0.15) is 0 Å². The molecule has 1 rings (SSSR count). The van der Waals surface area contributed by atoms with Gasteiger partial charge in [-0.3, -0.25) is 9.80 Å². The first-order chi connectivity index (χ1) is 9.99. The Morgan fingerprint density at radius 2 is 1.71 bits per heavy atom. The molecule has 1 saturated heterocycles. The minimum atomic E-state index is 0.738. The van der Waals surface area contributed by atoms with E-state index < -0.39 is 0 Å². The van der Waals surface area contributed by atoms with E-state index in [0.717, 1.165) is 18.5 Å². The van der Waals surface area contributed by atoms with Gasteiger partial charge in [-0.1, -0.05) is 13.8 Å². The Morgan fingerprint density at radius 1 is 1.05 bits per heavy atom. The highest BCUT2D eigenvalue weighted by Crippen LogP contribution is 2.10. The second kappa shape index (κ2) is 10.5. The van der Waals surface area contributed by atoms with Crippen molar-refractivity contribution in [2.24, 2.45) is 5.92 Å². The number of nitrogens with one attached hydrogen (secondary N) is 1. The molecular weight excluding hydrogens is 260 g/mol. The normalized spacial score (nSPS) is 19.6. The standard InChI is InChI=1S/C17H38N4/c1-16(2)15-18-8-6-7-17(3)21-13-11-20(12-14-21)10-9-19(4)5/h16-18H,6-15H2,1-5H3. The van der Waals surface area contributed by atoms with Crippen molar-refractivity contribution in [1.82, 2.24) is 20.0 Å². The third kappa shape index (κ3) is 8.77. The highest BCUT2D eigenvalue weighted by atomic mass is 15.3. The molecule has 0 aromatic rings. The van der Waals surface area contributed by atoms with E-state index >= 15 is 0 Å². The topological polar surface area (TPSA) is 21.8 Å². The molecule has 1 aliphatic rings. The largest absolute Gasteiger partial charge is 0.316 e. The molecule has 1 N–H and O–H groups in total. The van der Waals surface area contributed by atoms with Gasteiger partial charge in [0.15, 0.2) is 0 Å². The molecule has 1 atom stereocenters. The van der Waals surface area contributed by atoms with Gasteiger partial charge in [-0.25, -0.2) is 0 Å². The second-order valence-electron chi connectivity index (χ2n) is 7.27. The summed E-state index contributed by atoms with van der Waals surface area (Å²) in [6.07, 6.45) is 2.62. The van der Waals surface area contributed by atoms with Gasteiger partial charge in [0.05, 0.1) is 0 Å². The minimum Gasteiger partial charge on any atom is -0.316 e. The number of likely N-dealkylation sites (N-methyl/N-ethyl adjacent to an activating group) is 1. The van der Waals surface area contributed by atoms with Gasteiger partial charge >= 0.3 is 0 Å². The minimum absolute atomic E-state index is 0.738. The monoisotopic (exact) mass is 298 g/mol. The van der Waals surface area contributed by atoms with Crippen molar-refractivity contribution in [3.8, 4) is 0 Å². The lowest BCUT2D eigenvalue weighted by Gasteiger charge is -2.38. The van der Waals surface area contributed by atoms with Crippen molar-refractivity contribution in [3.63, 3.8) is 0 Å². The Bertz CT molecular complexity index is 247. The number of hydrogen-bond acceptors (Lipinski definition) is 4. The molecule has 0 bridgehead atoms. The van der Waals surface area contributed by atoms with E-state index in [1.807, 2.05) is 0 Å². The van der Waals surface area contributed by atoms with Crippen molar-refractivity contribution in [2.45, 2.75) is 39.7 Å². The maximum Gasteiger partial charge on any atom is 0.0113 e. The van der Waals surface area contributed by atoms with Gasteiger partial charge in [0.2, 0.25) is 0 Å². The predicted molar refractivity (Wildman–Crippen MR) is 93.0 cm³/mol. The van der Waals surface area contributed by atoms with Gasteiger partial charge in [-0.2, -0.15) is 0 Å². The molecule has 4 heteroatoms. The van der Waals surface area contributed by atoms with Crippen LogP contribution in [0.2, 0.25) is 0 Å². The SMILES string of the molecule is CC(C)CNCCCC(C)N1CCN(CCN(C)C)CC1. The van der Waals surface area contributed by atoms with Gasteiger partial charge < -0.3 is 10.2 Å². The Hall–Kier alpha value is -0.160. The predicted octanol–water partition coefficient (Wildman–Crippen LogP) is 1.58. The second-order valence-corrected chi connectivity index (χ2v) is 7.27. The zero-order valence-corrected chi connectivity index (χ0v) is 15.1. The summed E-state index contributed by atoms with van der Waals surface area (Å²) < 4.78 is 0. The Labute approximate surface area is 132 Å². The average Bonchev–Trinajstić information content (AvgIpc) is 2.44. The molecule has 0 saturated carbocycles. The van der Waals surface area contributed by atoms with Crippen molar-refractivity contribution in [2.75, 3.05) is 66.5 Å². The fourth-order valence-corrected chi connectivity index (χ4v) is 2.86. The van der Waals surface area contributed by atoms with Gasteiger partial charge in [0.25, 0.3) is 0 Å². The fourth-order valence-electron chi connectivity index (χ4n) is 2.86. The molecule has 0 aromatic heterocycles. The molecule has 0 spiro atoms. The van der Waals surface area contributed by atoms with Crippen LogP contribution < -0.4 is 5.32 Å². The number of hydrogen-bond donors (Lipinski definition) is 1. The molecule has 21 heavy (non-hydrogen) atoms. The molecule has 0 radical (unpaired) electrons. The van der Waals surface area contributed by atoms with Crippen molar-refractivity contribution < 1.29 is 0 Å². The Kier molecular flexibility index (Phi) is 9.49. The first-order valence-corrected chi connectivity index (χ1v) is 8.81. The summed E-state index contributed by atoms with van der Waals surface area (Å²) in [5.74, 6) is 0.762. The Morgan fingerprint density at radius 3 is 2.29 bits per heavy atom. The first-order valence-electron chi connectivity index (χ1n) is 8.81. The summed E-state index contributed by atoms with van der Waals surface area (Å²) in [7, 11) is 4.32. The fraction of sp³-hybridized carbons (Fsp3) is 1.00. The zero-order valence-electron chi connectivity index (χ0n) is 15.1. The first kappa shape index (κ1) is 18.9. The van der Waals surface area contributed by atoms with Crippen molar-refractivity contribution in [3.05, 3.63) is 0 Å². The number of rotatable bonds is 10. The highest BCUT2D eigenvalue weighted by Gasteiger charge is 2.20. The van der Waals surface area contributed by atoms with Crippen LogP contribution in [-0.2, 0) is 0 Å². The van der Waals surface area contributed by atoms with Gasteiger partial charge in [0, 0.05) is 45.3 Å². The lowest BCUT2D eigenvalue weighted by molar-refractivity contribution is 0.0936. The van der Waals surface area contributed by atoms with E-state index in [1.54, 1.807) is 0 Å². The van der Waals surface area contributed by atoms with Gasteiger partial charge in [-0.05, 0) is 52.9 Å². The van der Waals surface area contributed by atoms with Crippen LogP contribution in [0.3, 0.4) is 0 Å². The Balaban J connectivity index is 2.07. The van der Waals surface area contributed by atoms with E-state index in [9.17, 15) is 0 Å². The molecule has 0 aliphatic carbocycles. The van der Waals surface area contributed by atoms with Crippen molar-refractivity contribution in [1.29, 1.82) is 0 Å². The van der Waals surface area contributed by atoms with Crippen LogP contribution in [0.25, 0.3) is 0 Å². The number of nitrogens with zero attached hydrogens (tertiary/aromatic N) is 3. The quantitative estimate of drug-likeness (QED) is 0.618. The smallest absolute Gasteiger partial charge is 0.0113 e. The van der Waals surface area contributed by atoms with E-state index in [0.29, 0.717) is 0 Å². The van der Waals surface area contributed by atoms with Crippen LogP contribution in [0.1, 0.15) is 33.6 Å². The van der Waals surface area contributed by atoms with E-state index in [4.69, 9.17) is 0 Å². The molecule has 1 heterocycles. The average molecular weight is 299 g/mol. The summed E-state index contributed by atoms with van der Waals surface area (Å²) in [4.78, 5) is 7.56. The summed E-state index contributed by atoms with van der Waals surface area (Å²) in [5, 5.41) is 3.55. The van der Waals surface area contributed by atoms with Crippen molar-refractivity contribution >= 4 is 0 Å². The molecule has 1 fully saturated rings. The lowest BCUT2D eigenvalue weighted by Crippen LogP contribution is -2.50. The third-order valence-electron chi connectivity index (χ3n) is 4.42. The zero-order chi connectivity index (χ0) is 15.7. The highest BCUT2D eigenvalue weighted by molar-refractivity contribution is 4.76. The van der Waals surface area contributed by atoms with E-state index in [-0.39, 0.29) is 0 Å². The van der Waals surface area contributed by atoms with Crippen LogP contribution >= 0.6 is 0 Å². The van der Waals surface area contributed by atoms with Crippen LogP contribution in [0.4, 0.5) is 0 Å². The number of piperazine rings is 1. The molecule has 1 unspecified atom stereocenters. The van der Waals surface area contributed by atoms with E-state index in [1.165, 1.54) is 58.7 Å². The summed E-state index contributed by atoms with van der Waals surface area (Å²) in [6.45, 7) is 16.6. The van der Waals surface area contributed by atoms with Crippen LogP contribution in [0.15, 0.2) is 0 Å². The molecule has 4 nitrogen and oxygen atoms in total. The third-order valence-corrected chi connectivity index (χ3v) is 4.42.